The van der Waals surface area contributed by atoms with E-state index in [0.717, 1.165) is 5.56 Å². The molecule has 0 spiro atoms. The monoisotopic (exact) mass is 272 g/mol. The van der Waals surface area contributed by atoms with Crippen LogP contribution in [0.4, 0.5) is 5.13 Å². The van der Waals surface area contributed by atoms with E-state index in [1.807, 2.05) is 29.6 Å². The van der Waals surface area contributed by atoms with Gasteiger partial charge in [-0.25, -0.2) is 4.98 Å². The lowest BCUT2D eigenvalue weighted by molar-refractivity contribution is 0.102. The number of amides is 1. The highest BCUT2D eigenvalue weighted by Gasteiger charge is 2.06. The second-order valence-electron chi connectivity index (χ2n) is 4.52. The number of hydrogen-bond donors (Lipinski definition) is 1. The second-order valence-corrected chi connectivity index (χ2v) is 5.41. The molecule has 1 amide bonds. The van der Waals surface area contributed by atoms with E-state index in [0.29, 0.717) is 16.6 Å². The molecule has 2 aromatic rings. The van der Waals surface area contributed by atoms with Gasteiger partial charge in [-0.2, -0.15) is 0 Å². The zero-order valence-electron chi connectivity index (χ0n) is 11.0. The van der Waals surface area contributed by atoms with Crippen LogP contribution in [0.15, 0.2) is 41.9 Å². The van der Waals surface area contributed by atoms with Gasteiger partial charge in [0.1, 0.15) is 0 Å². The highest BCUT2D eigenvalue weighted by atomic mass is 32.1. The summed E-state index contributed by atoms with van der Waals surface area (Å²) in [7, 11) is 0. The molecule has 0 aliphatic rings. The van der Waals surface area contributed by atoms with Crippen molar-refractivity contribution in [3.63, 3.8) is 0 Å². The van der Waals surface area contributed by atoms with Crippen LogP contribution < -0.4 is 5.32 Å². The predicted octanol–water partition coefficient (Wildman–Crippen LogP) is 4.06. The lowest BCUT2D eigenvalue weighted by Crippen LogP contribution is -2.11. The summed E-state index contributed by atoms with van der Waals surface area (Å²) in [6.45, 7) is 4.26. The first kappa shape index (κ1) is 13.5. The standard InChI is InChI=1S/C15H16N2OS/c1-11(2)3-4-12-5-7-13(8-6-12)14(18)17-15-16-9-10-19-15/h3-11H,1-2H3,(H,16,17,18). The molecule has 1 N–H and O–H groups in total. The van der Waals surface area contributed by atoms with Crippen LogP contribution in [-0.2, 0) is 0 Å². The maximum atomic E-state index is 11.9. The Morgan fingerprint density at radius 2 is 2.05 bits per heavy atom. The van der Waals surface area contributed by atoms with Gasteiger partial charge in [0.25, 0.3) is 5.91 Å². The molecule has 1 heterocycles. The van der Waals surface area contributed by atoms with Gasteiger partial charge in [0.05, 0.1) is 0 Å². The van der Waals surface area contributed by atoms with E-state index in [4.69, 9.17) is 0 Å². The van der Waals surface area contributed by atoms with Crippen LogP contribution in [0.25, 0.3) is 6.08 Å². The first-order valence-electron chi connectivity index (χ1n) is 6.14. The molecule has 0 atom stereocenters. The van der Waals surface area contributed by atoms with Gasteiger partial charge in [-0.3, -0.25) is 10.1 Å². The fourth-order valence-electron chi connectivity index (χ4n) is 1.50. The molecule has 4 heteroatoms. The van der Waals surface area contributed by atoms with Crippen LogP contribution in [0, 0.1) is 5.92 Å². The van der Waals surface area contributed by atoms with Crippen LogP contribution in [0.1, 0.15) is 29.8 Å². The van der Waals surface area contributed by atoms with Gasteiger partial charge in [-0.15, -0.1) is 11.3 Å². The topological polar surface area (TPSA) is 42.0 Å². The van der Waals surface area contributed by atoms with Crippen molar-refractivity contribution in [1.29, 1.82) is 0 Å². The van der Waals surface area contributed by atoms with Crippen molar-refractivity contribution in [2.24, 2.45) is 5.92 Å². The van der Waals surface area contributed by atoms with E-state index in [-0.39, 0.29) is 5.91 Å². The smallest absolute Gasteiger partial charge is 0.257 e. The van der Waals surface area contributed by atoms with Crippen molar-refractivity contribution in [2.75, 3.05) is 5.32 Å². The van der Waals surface area contributed by atoms with Gasteiger partial charge in [-0.05, 0) is 23.6 Å². The highest BCUT2D eigenvalue weighted by Crippen LogP contribution is 2.13. The number of nitrogens with zero attached hydrogens (tertiary/aromatic N) is 1. The van der Waals surface area contributed by atoms with Crippen molar-refractivity contribution in [1.82, 2.24) is 4.98 Å². The van der Waals surface area contributed by atoms with Crippen LogP contribution in [0.5, 0.6) is 0 Å². The molecule has 0 saturated carbocycles. The van der Waals surface area contributed by atoms with Crippen molar-refractivity contribution < 1.29 is 4.79 Å². The van der Waals surface area contributed by atoms with Crippen LogP contribution in [0.3, 0.4) is 0 Å². The van der Waals surface area contributed by atoms with Gasteiger partial charge >= 0.3 is 0 Å². The number of carbonyl (C=O) groups is 1. The lowest BCUT2D eigenvalue weighted by Gasteiger charge is -2.02. The number of thiazole rings is 1. The van der Waals surface area contributed by atoms with Gasteiger partial charge in [0.2, 0.25) is 0 Å². The number of allylic oxidation sites excluding steroid dienone is 1. The predicted molar refractivity (Wildman–Crippen MR) is 80.4 cm³/mol. The van der Waals surface area contributed by atoms with Crippen LogP contribution in [0.2, 0.25) is 0 Å². The summed E-state index contributed by atoms with van der Waals surface area (Å²) in [5.41, 5.74) is 1.73. The lowest BCUT2D eigenvalue weighted by atomic mass is 10.1. The van der Waals surface area contributed by atoms with Gasteiger partial charge < -0.3 is 0 Å². The SMILES string of the molecule is CC(C)C=Cc1ccc(C(=O)Nc2nccs2)cc1. The Bertz CT molecular complexity index is 556. The fraction of sp³-hybridized carbons (Fsp3) is 0.200. The van der Waals surface area contributed by atoms with Crippen LogP contribution >= 0.6 is 11.3 Å². The Balaban J connectivity index is 2.03. The number of hydrogen-bond acceptors (Lipinski definition) is 3. The summed E-state index contributed by atoms with van der Waals surface area (Å²) < 4.78 is 0. The molecule has 1 aromatic carbocycles. The summed E-state index contributed by atoms with van der Waals surface area (Å²) in [5, 5.41) is 5.21. The van der Waals surface area contributed by atoms with E-state index in [1.54, 1.807) is 6.20 Å². The molecule has 0 bridgehead atoms. The minimum absolute atomic E-state index is 0.130. The molecule has 0 radical (unpaired) electrons. The molecular formula is C15H16N2OS. The number of benzene rings is 1. The molecule has 0 saturated heterocycles. The first-order valence-corrected chi connectivity index (χ1v) is 7.02. The zero-order chi connectivity index (χ0) is 13.7. The quantitative estimate of drug-likeness (QED) is 0.911. The molecule has 2 rings (SSSR count). The van der Waals surface area contributed by atoms with Gasteiger partial charge in [0, 0.05) is 17.1 Å². The summed E-state index contributed by atoms with van der Waals surface area (Å²) in [4.78, 5) is 16.0. The molecule has 0 unspecified atom stereocenters. The van der Waals surface area contributed by atoms with E-state index in [9.17, 15) is 4.79 Å². The van der Waals surface area contributed by atoms with Crippen molar-refractivity contribution in [2.45, 2.75) is 13.8 Å². The fourth-order valence-corrected chi connectivity index (χ4v) is 2.03. The first-order chi connectivity index (χ1) is 9.15. The average molecular weight is 272 g/mol. The maximum Gasteiger partial charge on any atom is 0.257 e. The summed E-state index contributed by atoms with van der Waals surface area (Å²) in [6.07, 6.45) is 5.86. The number of rotatable bonds is 4. The molecule has 1 aromatic heterocycles. The summed E-state index contributed by atoms with van der Waals surface area (Å²) >= 11 is 1.41. The largest absolute Gasteiger partial charge is 0.298 e. The highest BCUT2D eigenvalue weighted by molar-refractivity contribution is 7.13. The average Bonchev–Trinajstić information content (AvgIpc) is 2.89. The third-order valence-electron chi connectivity index (χ3n) is 2.50. The molecule has 0 fully saturated rings. The minimum atomic E-state index is -0.130. The van der Waals surface area contributed by atoms with E-state index < -0.39 is 0 Å². The van der Waals surface area contributed by atoms with Gasteiger partial charge in [0.15, 0.2) is 5.13 Å². The molecule has 19 heavy (non-hydrogen) atoms. The number of anilines is 1. The summed E-state index contributed by atoms with van der Waals surface area (Å²) in [5.74, 6) is 0.391. The third kappa shape index (κ3) is 4.03. The Hall–Kier alpha value is -1.94. The number of nitrogens with one attached hydrogen (secondary N) is 1. The zero-order valence-corrected chi connectivity index (χ0v) is 11.8. The number of carbonyl (C=O) groups excluding carboxylic acids is 1. The summed E-state index contributed by atoms with van der Waals surface area (Å²) in [6, 6.07) is 7.52. The third-order valence-corrected chi connectivity index (χ3v) is 3.19. The van der Waals surface area contributed by atoms with Crippen molar-refractivity contribution >= 4 is 28.5 Å². The Labute approximate surface area is 117 Å². The second kappa shape index (κ2) is 6.29. The van der Waals surface area contributed by atoms with Crippen molar-refractivity contribution in [3.05, 3.63) is 53.0 Å². The normalized spacial score (nSPS) is 11.1. The van der Waals surface area contributed by atoms with Gasteiger partial charge in [-0.1, -0.05) is 38.1 Å². The van der Waals surface area contributed by atoms with Crippen molar-refractivity contribution in [3.8, 4) is 0 Å². The van der Waals surface area contributed by atoms with E-state index in [2.05, 4.69) is 36.3 Å². The maximum absolute atomic E-state index is 11.9. The molecule has 0 aliphatic carbocycles. The Kier molecular flexibility index (Phi) is 4.47. The molecule has 98 valence electrons. The van der Waals surface area contributed by atoms with E-state index in [1.165, 1.54) is 11.3 Å². The Morgan fingerprint density at radius 1 is 1.32 bits per heavy atom. The number of aromatic nitrogens is 1. The van der Waals surface area contributed by atoms with Crippen LogP contribution in [-0.4, -0.2) is 10.9 Å². The molecule has 3 nitrogen and oxygen atoms in total. The minimum Gasteiger partial charge on any atom is -0.298 e. The Morgan fingerprint density at radius 3 is 2.63 bits per heavy atom. The molecule has 0 aliphatic heterocycles. The molecular weight excluding hydrogens is 256 g/mol. The van der Waals surface area contributed by atoms with E-state index >= 15 is 0 Å².